The summed E-state index contributed by atoms with van der Waals surface area (Å²) in [6.45, 7) is 3.69. The highest BCUT2D eigenvalue weighted by Gasteiger charge is 2.21. The Morgan fingerprint density at radius 3 is 2.15 bits per heavy atom. The first-order valence-corrected chi connectivity index (χ1v) is 6.93. The minimum Gasteiger partial charge on any atom is -0.493 e. The second kappa shape index (κ2) is 5.89. The number of aryl methyl sites for hydroxylation is 2. The second-order valence-corrected chi connectivity index (χ2v) is 5.35. The Kier molecular flexibility index (Phi) is 4.40. The second-order valence-electron chi connectivity index (χ2n) is 4.50. The number of benzene rings is 1. The van der Waals surface area contributed by atoms with Crippen LogP contribution in [-0.2, 0) is 0 Å². The molecule has 1 unspecified atom stereocenters. The molecule has 1 heterocycles. The molecule has 4 nitrogen and oxygen atoms in total. The Bertz CT molecular complexity index is 619. The van der Waals surface area contributed by atoms with Crippen molar-refractivity contribution < 1.29 is 19.0 Å². The van der Waals surface area contributed by atoms with Crippen molar-refractivity contribution in [2.75, 3.05) is 14.2 Å². The molecule has 2 aromatic rings. The lowest BCUT2D eigenvalue weighted by atomic mass is 10.0. The predicted molar refractivity (Wildman–Crippen MR) is 79.5 cm³/mol. The summed E-state index contributed by atoms with van der Waals surface area (Å²) >= 11 is 3.45. The number of ether oxygens (including phenoxy) is 2. The Hall–Kier alpha value is -1.46. The van der Waals surface area contributed by atoms with Gasteiger partial charge in [0, 0.05) is 15.6 Å². The van der Waals surface area contributed by atoms with Crippen molar-refractivity contribution in [3.63, 3.8) is 0 Å². The van der Waals surface area contributed by atoms with E-state index in [4.69, 9.17) is 13.9 Å². The van der Waals surface area contributed by atoms with Gasteiger partial charge in [-0.25, -0.2) is 0 Å². The van der Waals surface area contributed by atoms with E-state index in [2.05, 4.69) is 15.9 Å². The van der Waals surface area contributed by atoms with E-state index in [1.54, 1.807) is 26.4 Å². The van der Waals surface area contributed by atoms with Crippen molar-refractivity contribution >= 4 is 15.9 Å². The van der Waals surface area contributed by atoms with Crippen LogP contribution in [0.5, 0.6) is 11.5 Å². The summed E-state index contributed by atoms with van der Waals surface area (Å²) in [5, 5.41) is 10.6. The number of aliphatic hydroxyl groups excluding tert-OH is 1. The number of rotatable bonds is 4. The third-order valence-corrected chi connectivity index (χ3v) is 3.86. The van der Waals surface area contributed by atoms with Gasteiger partial charge in [0.1, 0.15) is 17.6 Å². The molecule has 0 aliphatic heterocycles. The van der Waals surface area contributed by atoms with Gasteiger partial charge in [0.25, 0.3) is 0 Å². The Morgan fingerprint density at radius 2 is 1.65 bits per heavy atom. The van der Waals surface area contributed by atoms with E-state index in [0.29, 0.717) is 22.8 Å². The molecule has 0 aliphatic carbocycles. The van der Waals surface area contributed by atoms with Crippen LogP contribution >= 0.6 is 15.9 Å². The first kappa shape index (κ1) is 14.9. The third-order valence-electron chi connectivity index (χ3n) is 3.17. The smallest absolute Gasteiger partial charge is 0.161 e. The lowest BCUT2D eigenvalue weighted by Gasteiger charge is -2.16. The highest BCUT2D eigenvalue weighted by atomic mass is 79.9. The average Bonchev–Trinajstić information content (AvgIpc) is 2.76. The number of aliphatic hydroxyl groups is 1. The fourth-order valence-electron chi connectivity index (χ4n) is 2.17. The van der Waals surface area contributed by atoms with Gasteiger partial charge in [-0.15, -0.1) is 0 Å². The molecule has 1 aromatic carbocycles. The molecule has 2 rings (SSSR count). The van der Waals surface area contributed by atoms with Gasteiger partial charge in [0.15, 0.2) is 11.5 Å². The molecule has 0 saturated heterocycles. The van der Waals surface area contributed by atoms with Crippen LogP contribution in [0, 0.1) is 13.8 Å². The zero-order chi connectivity index (χ0) is 14.9. The zero-order valence-electron chi connectivity index (χ0n) is 11.9. The lowest BCUT2D eigenvalue weighted by molar-refractivity contribution is 0.216. The summed E-state index contributed by atoms with van der Waals surface area (Å²) in [4.78, 5) is 0. The van der Waals surface area contributed by atoms with Crippen LogP contribution in [0.4, 0.5) is 0 Å². The van der Waals surface area contributed by atoms with Crippen LogP contribution in [-0.4, -0.2) is 19.3 Å². The largest absolute Gasteiger partial charge is 0.493 e. The molecule has 108 valence electrons. The van der Waals surface area contributed by atoms with Crippen LogP contribution in [0.1, 0.15) is 28.8 Å². The van der Waals surface area contributed by atoms with Gasteiger partial charge in [-0.3, -0.25) is 0 Å². The fraction of sp³-hybridized carbons (Fsp3) is 0.333. The molecular weight excluding hydrogens is 324 g/mol. The molecule has 1 atom stereocenters. The van der Waals surface area contributed by atoms with Crippen molar-refractivity contribution in [3.8, 4) is 11.5 Å². The first-order chi connectivity index (χ1) is 9.47. The predicted octanol–water partition coefficient (Wildman–Crippen LogP) is 3.76. The summed E-state index contributed by atoms with van der Waals surface area (Å²) in [6.07, 6.45) is -0.790. The maximum atomic E-state index is 10.6. The van der Waals surface area contributed by atoms with Crippen molar-refractivity contribution in [1.29, 1.82) is 0 Å². The molecule has 0 saturated carbocycles. The maximum absolute atomic E-state index is 10.6. The molecule has 0 aliphatic rings. The molecule has 0 amide bonds. The number of hydrogen-bond acceptors (Lipinski definition) is 4. The van der Waals surface area contributed by atoms with Crippen LogP contribution in [0.25, 0.3) is 0 Å². The molecular formula is C15H17BrO4. The number of furan rings is 1. The van der Waals surface area contributed by atoms with Crippen molar-refractivity contribution in [2.45, 2.75) is 20.0 Å². The molecule has 20 heavy (non-hydrogen) atoms. The monoisotopic (exact) mass is 340 g/mol. The number of methoxy groups -OCH3 is 2. The summed E-state index contributed by atoms with van der Waals surface area (Å²) in [7, 11) is 3.14. The SMILES string of the molecule is COc1cc(Br)c(C(O)c2cc(C)oc2C)cc1OC. The van der Waals surface area contributed by atoms with E-state index in [0.717, 1.165) is 15.8 Å². The van der Waals surface area contributed by atoms with E-state index in [-0.39, 0.29) is 0 Å². The van der Waals surface area contributed by atoms with E-state index in [1.807, 2.05) is 19.9 Å². The van der Waals surface area contributed by atoms with Crippen LogP contribution in [0.15, 0.2) is 27.1 Å². The number of hydrogen-bond donors (Lipinski definition) is 1. The molecule has 1 aromatic heterocycles. The molecule has 0 fully saturated rings. The lowest BCUT2D eigenvalue weighted by Crippen LogP contribution is -2.02. The Morgan fingerprint density at radius 1 is 1.05 bits per heavy atom. The van der Waals surface area contributed by atoms with Gasteiger partial charge in [-0.2, -0.15) is 0 Å². The van der Waals surface area contributed by atoms with E-state index < -0.39 is 6.10 Å². The number of halogens is 1. The van der Waals surface area contributed by atoms with Gasteiger partial charge in [-0.1, -0.05) is 15.9 Å². The van der Waals surface area contributed by atoms with E-state index in [9.17, 15) is 5.11 Å². The standard InChI is InChI=1S/C15H17BrO4/c1-8-5-10(9(2)20-8)15(17)11-6-13(18-3)14(19-4)7-12(11)16/h5-7,15,17H,1-4H3. The molecule has 5 heteroatoms. The van der Waals surface area contributed by atoms with E-state index >= 15 is 0 Å². The van der Waals surface area contributed by atoms with Crippen molar-refractivity contribution in [1.82, 2.24) is 0 Å². The van der Waals surface area contributed by atoms with Crippen LogP contribution < -0.4 is 9.47 Å². The van der Waals surface area contributed by atoms with Crippen molar-refractivity contribution in [2.24, 2.45) is 0 Å². The van der Waals surface area contributed by atoms with Crippen LogP contribution in [0.2, 0.25) is 0 Å². The van der Waals surface area contributed by atoms with Gasteiger partial charge >= 0.3 is 0 Å². The molecule has 1 N–H and O–H groups in total. The summed E-state index contributed by atoms with van der Waals surface area (Å²) in [5.74, 6) is 2.66. The highest BCUT2D eigenvalue weighted by molar-refractivity contribution is 9.10. The normalized spacial score (nSPS) is 12.3. The van der Waals surface area contributed by atoms with Gasteiger partial charge in [0.2, 0.25) is 0 Å². The minimum atomic E-state index is -0.790. The quantitative estimate of drug-likeness (QED) is 0.920. The third kappa shape index (κ3) is 2.69. The Labute approximate surface area is 126 Å². The van der Waals surface area contributed by atoms with Crippen molar-refractivity contribution in [3.05, 3.63) is 45.3 Å². The molecule has 0 bridgehead atoms. The van der Waals surface area contributed by atoms with Gasteiger partial charge in [0.05, 0.1) is 14.2 Å². The molecule has 0 radical (unpaired) electrons. The van der Waals surface area contributed by atoms with E-state index in [1.165, 1.54) is 0 Å². The first-order valence-electron chi connectivity index (χ1n) is 6.14. The minimum absolute atomic E-state index is 0.572. The highest BCUT2D eigenvalue weighted by Crippen LogP contribution is 2.38. The van der Waals surface area contributed by atoms with Gasteiger partial charge in [-0.05, 0) is 32.0 Å². The summed E-state index contributed by atoms with van der Waals surface area (Å²) in [5.41, 5.74) is 1.45. The van der Waals surface area contributed by atoms with Crippen LogP contribution in [0.3, 0.4) is 0 Å². The van der Waals surface area contributed by atoms with Gasteiger partial charge < -0.3 is 19.0 Å². The molecule has 0 spiro atoms. The Balaban J connectivity index is 2.49. The summed E-state index contributed by atoms with van der Waals surface area (Å²) in [6, 6.07) is 5.37. The summed E-state index contributed by atoms with van der Waals surface area (Å²) < 4.78 is 16.7. The zero-order valence-corrected chi connectivity index (χ0v) is 13.4. The fourth-order valence-corrected chi connectivity index (χ4v) is 2.71. The average molecular weight is 341 g/mol. The topological polar surface area (TPSA) is 51.8 Å². The maximum Gasteiger partial charge on any atom is 0.161 e.